The Kier molecular flexibility index (Phi) is 5.25. The van der Waals surface area contributed by atoms with Gasteiger partial charge in [-0.3, -0.25) is 4.79 Å². The van der Waals surface area contributed by atoms with Crippen molar-refractivity contribution in [1.82, 2.24) is 0 Å². The molecule has 19 heavy (non-hydrogen) atoms. The number of hydrogen-bond acceptors (Lipinski definition) is 3. The second-order valence-corrected chi connectivity index (χ2v) is 6.16. The van der Waals surface area contributed by atoms with Gasteiger partial charge in [-0.05, 0) is 12.1 Å². The summed E-state index contributed by atoms with van der Waals surface area (Å²) < 4.78 is 4.92. The maximum absolute atomic E-state index is 11.9. The third-order valence-corrected chi connectivity index (χ3v) is 3.54. The number of benzene rings is 1. The van der Waals surface area contributed by atoms with Crippen LogP contribution < -0.4 is 0 Å². The average Bonchev–Trinajstić information content (AvgIpc) is 2.30. The van der Waals surface area contributed by atoms with Crippen molar-refractivity contribution in [2.75, 3.05) is 6.61 Å². The molecule has 0 fully saturated rings. The normalized spacial score (nSPS) is 11.3. The Morgan fingerprint density at radius 3 is 2.16 bits per heavy atom. The summed E-state index contributed by atoms with van der Waals surface area (Å²) in [5.74, 6) is -0.967. The molecule has 0 aromatic heterocycles. The largest absolute Gasteiger partial charge is 0.454 e. The summed E-state index contributed by atoms with van der Waals surface area (Å²) >= 11 is 17.6. The molecule has 0 spiro atoms. The van der Waals surface area contributed by atoms with E-state index in [2.05, 4.69) is 0 Å². The van der Waals surface area contributed by atoms with Crippen LogP contribution in [0.5, 0.6) is 0 Å². The molecule has 0 aliphatic heterocycles. The highest BCUT2D eigenvalue weighted by Gasteiger charge is 2.24. The van der Waals surface area contributed by atoms with Gasteiger partial charge in [0.05, 0.1) is 20.6 Å². The maximum Gasteiger partial charge on any atom is 0.341 e. The summed E-state index contributed by atoms with van der Waals surface area (Å²) in [7, 11) is 0. The van der Waals surface area contributed by atoms with Crippen molar-refractivity contribution in [2.45, 2.75) is 20.8 Å². The summed E-state index contributed by atoms with van der Waals surface area (Å²) in [5, 5.41) is 0.338. The molecule has 0 aliphatic rings. The molecule has 0 aliphatic carbocycles. The van der Waals surface area contributed by atoms with Crippen LogP contribution in [0.4, 0.5) is 0 Å². The fraction of sp³-hybridized carbons (Fsp3) is 0.385. The van der Waals surface area contributed by atoms with Gasteiger partial charge in [0, 0.05) is 5.41 Å². The van der Waals surface area contributed by atoms with Crippen LogP contribution >= 0.6 is 34.8 Å². The van der Waals surface area contributed by atoms with E-state index in [0.717, 1.165) is 0 Å². The second kappa shape index (κ2) is 6.12. The van der Waals surface area contributed by atoms with Gasteiger partial charge in [0.1, 0.15) is 0 Å². The van der Waals surface area contributed by atoms with E-state index < -0.39 is 11.4 Å². The Morgan fingerprint density at radius 2 is 1.63 bits per heavy atom. The zero-order valence-corrected chi connectivity index (χ0v) is 13.0. The van der Waals surface area contributed by atoms with Gasteiger partial charge in [-0.15, -0.1) is 0 Å². The number of esters is 1. The highest BCUT2D eigenvalue weighted by Crippen LogP contribution is 2.32. The standard InChI is InChI=1S/C13H13Cl3O3/c1-13(2,3)9(17)6-19-12(18)10-7(14)4-5-8(15)11(10)16/h4-5H,6H2,1-3H3. The first-order valence-electron chi connectivity index (χ1n) is 5.48. The summed E-state index contributed by atoms with van der Waals surface area (Å²) in [6, 6.07) is 2.92. The number of halogens is 3. The van der Waals surface area contributed by atoms with Gasteiger partial charge in [0.2, 0.25) is 0 Å². The Hall–Kier alpha value is -0.770. The van der Waals surface area contributed by atoms with Gasteiger partial charge in [0.25, 0.3) is 0 Å². The SMILES string of the molecule is CC(C)(C)C(=O)COC(=O)c1c(Cl)ccc(Cl)c1Cl. The molecule has 0 bridgehead atoms. The number of rotatable bonds is 3. The minimum Gasteiger partial charge on any atom is -0.454 e. The van der Waals surface area contributed by atoms with Crippen LogP contribution in [0.15, 0.2) is 12.1 Å². The predicted octanol–water partition coefficient (Wildman–Crippen LogP) is 4.42. The molecule has 0 amide bonds. The maximum atomic E-state index is 11.9. The van der Waals surface area contributed by atoms with Crippen LogP contribution in [0.2, 0.25) is 15.1 Å². The number of Topliss-reactive ketones (excluding diaryl/α,β-unsaturated/α-hetero) is 1. The van der Waals surface area contributed by atoms with Gasteiger partial charge in [-0.1, -0.05) is 55.6 Å². The van der Waals surface area contributed by atoms with Crippen molar-refractivity contribution in [1.29, 1.82) is 0 Å². The van der Waals surface area contributed by atoms with Crippen molar-refractivity contribution in [3.05, 3.63) is 32.8 Å². The molecule has 0 unspecified atom stereocenters. The first kappa shape index (κ1) is 16.3. The third-order valence-electron chi connectivity index (χ3n) is 2.42. The summed E-state index contributed by atoms with van der Waals surface area (Å²) in [5.41, 5.74) is -0.611. The van der Waals surface area contributed by atoms with E-state index in [1.54, 1.807) is 20.8 Å². The molecule has 6 heteroatoms. The van der Waals surface area contributed by atoms with E-state index in [9.17, 15) is 9.59 Å². The molecule has 0 saturated carbocycles. The Balaban J connectivity index is 2.86. The van der Waals surface area contributed by atoms with E-state index >= 15 is 0 Å². The van der Waals surface area contributed by atoms with Crippen molar-refractivity contribution in [3.63, 3.8) is 0 Å². The molecule has 0 radical (unpaired) electrons. The topological polar surface area (TPSA) is 43.4 Å². The molecule has 1 aromatic rings. The lowest BCUT2D eigenvalue weighted by Gasteiger charge is -2.16. The first-order chi connectivity index (χ1) is 8.64. The molecule has 0 saturated heterocycles. The summed E-state index contributed by atoms with van der Waals surface area (Å²) in [6.07, 6.45) is 0. The lowest BCUT2D eigenvalue weighted by atomic mass is 9.91. The number of ether oxygens (including phenoxy) is 1. The van der Waals surface area contributed by atoms with E-state index in [1.165, 1.54) is 12.1 Å². The number of carbonyl (C=O) groups excluding carboxylic acids is 2. The smallest absolute Gasteiger partial charge is 0.341 e. The lowest BCUT2D eigenvalue weighted by Crippen LogP contribution is -2.26. The minimum atomic E-state index is -0.768. The van der Waals surface area contributed by atoms with E-state index in [4.69, 9.17) is 39.5 Å². The van der Waals surface area contributed by atoms with Gasteiger partial charge in [-0.2, -0.15) is 0 Å². The predicted molar refractivity (Wildman–Crippen MR) is 76.2 cm³/mol. The van der Waals surface area contributed by atoms with Crippen LogP contribution in [-0.4, -0.2) is 18.4 Å². The third kappa shape index (κ3) is 4.10. The minimum absolute atomic E-state index is 0.0161. The fourth-order valence-corrected chi connectivity index (χ4v) is 1.82. The molecule has 1 rings (SSSR count). The highest BCUT2D eigenvalue weighted by molar-refractivity contribution is 6.46. The van der Waals surface area contributed by atoms with Gasteiger partial charge in [0.15, 0.2) is 12.4 Å². The van der Waals surface area contributed by atoms with Gasteiger partial charge in [-0.25, -0.2) is 4.79 Å². The molecule has 3 nitrogen and oxygen atoms in total. The van der Waals surface area contributed by atoms with Crippen molar-refractivity contribution < 1.29 is 14.3 Å². The molecule has 0 heterocycles. The van der Waals surface area contributed by atoms with Crippen LogP contribution in [0.1, 0.15) is 31.1 Å². The molecular weight excluding hydrogens is 310 g/mol. The van der Waals surface area contributed by atoms with Crippen LogP contribution in [0, 0.1) is 5.41 Å². The Morgan fingerprint density at radius 1 is 1.11 bits per heavy atom. The molecule has 0 N–H and O–H groups in total. The second-order valence-electron chi connectivity index (χ2n) is 4.97. The number of hydrogen-bond donors (Lipinski definition) is 0. The van der Waals surface area contributed by atoms with E-state index in [1.807, 2.05) is 0 Å². The Labute approximate surface area is 126 Å². The van der Waals surface area contributed by atoms with Crippen molar-refractivity contribution in [2.24, 2.45) is 5.41 Å². The van der Waals surface area contributed by atoms with E-state index in [0.29, 0.717) is 0 Å². The summed E-state index contributed by atoms with van der Waals surface area (Å²) in [6.45, 7) is 4.88. The molecule has 0 atom stereocenters. The molecular formula is C13H13Cl3O3. The Bertz CT molecular complexity index is 519. The van der Waals surface area contributed by atoms with Crippen molar-refractivity contribution in [3.8, 4) is 0 Å². The summed E-state index contributed by atoms with van der Waals surface area (Å²) in [4.78, 5) is 23.5. The highest BCUT2D eigenvalue weighted by atomic mass is 35.5. The monoisotopic (exact) mass is 322 g/mol. The van der Waals surface area contributed by atoms with Crippen molar-refractivity contribution >= 4 is 46.6 Å². The zero-order valence-electron chi connectivity index (χ0n) is 10.7. The molecule has 104 valence electrons. The lowest BCUT2D eigenvalue weighted by molar-refractivity contribution is -0.129. The number of carbonyl (C=O) groups is 2. The van der Waals surface area contributed by atoms with E-state index in [-0.39, 0.29) is 33.0 Å². The van der Waals surface area contributed by atoms with Gasteiger partial charge < -0.3 is 4.74 Å². The fourth-order valence-electron chi connectivity index (χ4n) is 1.13. The quantitative estimate of drug-likeness (QED) is 0.611. The zero-order chi connectivity index (χ0) is 14.8. The van der Waals surface area contributed by atoms with Crippen LogP contribution in [-0.2, 0) is 9.53 Å². The van der Waals surface area contributed by atoms with Crippen LogP contribution in [0.25, 0.3) is 0 Å². The number of ketones is 1. The van der Waals surface area contributed by atoms with Gasteiger partial charge >= 0.3 is 5.97 Å². The first-order valence-corrected chi connectivity index (χ1v) is 6.62. The molecule has 1 aromatic carbocycles. The average molecular weight is 324 g/mol. The van der Waals surface area contributed by atoms with Crippen LogP contribution in [0.3, 0.4) is 0 Å².